The molecule has 0 aliphatic rings. The monoisotopic (exact) mass is 351 g/mol. The molecule has 1 N–H and O–H groups in total. The minimum absolute atomic E-state index is 0.267. The Balaban J connectivity index is 1.83. The van der Waals surface area contributed by atoms with E-state index in [0.29, 0.717) is 12.3 Å². The molecule has 0 heterocycles. The number of methoxy groups -OCH3 is 1. The summed E-state index contributed by atoms with van der Waals surface area (Å²) in [6.45, 7) is 2.23. The van der Waals surface area contributed by atoms with Crippen LogP contribution in [0.3, 0.4) is 0 Å². The molecule has 23 heavy (non-hydrogen) atoms. The molecule has 0 aliphatic carbocycles. The lowest BCUT2D eigenvalue weighted by molar-refractivity contribution is 0.411. The second-order valence-electron chi connectivity index (χ2n) is 5.07. The minimum atomic E-state index is -3.47. The van der Waals surface area contributed by atoms with E-state index in [-0.39, 0.29) is 4.90 Å². The second-order valence-corrected chi connectivity index (χ2v) is 7.94. The Hall–Kier alpha value is -1.50. The van der Waals surface area contributed by atoms with E-state index >= 15 is 0 Å². The summed E-state index contributed by atoms with van der Waals surface area (Å²) in [6, 6.07) is 15.0. The van der Waals surface area contributed by atoms with Gasteiger partial charge in [0.05, 0.1) is 12.0 Å². The summed E-state index contributed by atoms with van der Waals surface area (Å²) in [7, 11) is -1.90. The van der Waals surface area contributed by atoms with Crippen molar-refractivity contribution in [3.05, 3.63) is 59.7 Å². The highest BCUT2D eigenvalue weighted by Crippen LogP contribution is 2.21. The van der Waals surface area contributed by atoms with Gasteiger partial charge >= 0.3 is 0 Å². The summed E-state index contributed by atoms with van der Waals surface area (Å²) in [5.74, 6) is 2.29. The maximum absolute atomic E-state index is 12.3. The summed E-state index contributed by atoms with van der Waals surface area (Å²) < 4.78 is 32.3. The fourth-order valence-electron chi connectivity index (χ4n) is 2.11. The van der Waals surface area contributed by atoms with E-state index in [0.717, 1.165) is 17.1 Å². The largest absolute Gasteiger partial charge is 0.496 e. The fourth-order valence-corrected chi connectivity index (χ4v) is 4.18. The SMILES string of the molecule is COc1ccc(S(=O)(=O)NCCSCc2ccccc2)cc1C. The van der Waals surface area contributed by atoms with E-state index in [4.69, 9.17) is 4.74 Å². The summed E-state index contributed by atoms with van der Waals surface area (Å²) in [4.78, 5) is 0.267. The van der Waals surface area contributed by atoms with Crippen LogP contribution in [0.2, 0.25) is 0 Å². The smallest absolute Gasteiger partial charge is 0.240 e. The highest BCUT2D eigenvalue weighted by atomic mass is 32.2. The van der Waals surface area contributed by atoms with Crippen LogP contribution in [-0.4, -0.2) is 27.8 Å². The van der Waals surface area contributed by atoms with Crippen LogP contribution in [0.5, 0.6) is 5.75 Å². The van der Waals surface area contributed by atoms with Gasteiger partial charge in [0, 0.05) is 18.1 Å². The van der Waals surface area contributed by atoms with E-state index in [9.17, 15) is 8.42 Å². The molecule has 6 heteroatoms. The first-order chi connectivity index (χ1) is 11.0. The maximum atomic E-state index is 12.3. The zero-order chi connectivity index (χ0) is 16.7. The zero-order valence-electron chi connectivity index (χ0n) is 13.3. The van der Waals surface area contributed by atoms with Crippen LogP contribution in [0.4, 0.5) is 0 Å². The Bertz CT molecular complexity index is 731. The summed E-state index contributed by atoms with van der Waals surface area (Å²) in [5.41, 5.74) is 2.04. The minimum Gasteiger partial charge on any atom is -0.496 e. The van der Waals surface area contributed by atoms with Gasteiger partial charge in [0.1, 0.15) is 5.75 Å². The number of sulfonamides is 1. The van der Waals surface area contributed by atoms with Gasteiger partial charge in [-0.3, -0.25) is 0 Å². The quantitative estimate of drug-likeness (QED) is 0.742. The molecule has 0 saturated carbocycles. The molecule has 0 bridgehead atoms. The van der Waals surface area contributed by atoms with Crippen molar-refractivity contribution in [3.63, 3.8) is 0 Å². The van der Waals surface area contributed by atoms with Crippen molar-refractivity contribution in [2.75, 3.05) is 19.4 Å². The van der Waals surface area contributed by atoms with E-state index in [2.05, 4.69) is 16.9 Å². The predicted molar refractivity (Wildman–Crippen MR) is 95.5 cm³/mol. The molecule has 2 aromatic rings. The van der Waals surface area contributed by atoms with Crippen LogP contribution < -0.4 is 9.46 Å². The number of hydrogen-bond donors (Lipinski definition) is 1. The number of ether oxygens (including phenoxy) is 1. The van der Waals surface area contributed by atoms with Gasteiger partial charge in [0.25, 0.3) is 0 Å². The predicted octanol–water partition coefficient (Wildman–Crippen LogP) is 3.22. The molecule has 0 radical (unpaired) electrons. The van der Waals surface area contributed by atoms with Crippen molar-refractivity contribution >= 4 is 21.8 Å². The van der Waals surface area contributed by atoms with Crippen LogP contribution >= 0.6 is 11.8 Å². The van der Waals surface area contributed by atoms with Crippen LogP contribution in [0.15, 0.2) is 53.4 Å². The molecule has 0 aliphatic heterocycles. The third-order valence-corrected chi connectivity index (χ3v) is 5.82. The molecule has 0 atom stereocenters. The molecule has 0 unspecified atom stereocenters. The van der Waals surface area contributed by atoms with Gasteiger partial charge in [-0.1, -0.05) is 30.3 Å². The topological polar surface area (TPSA) is 55.4 Å². The maximum Gasteiger partial charge on any atom is 0.240 e. The summed E-state index contributed by atoms with van der Waals surface area (Å²) in [6.07, 6.45) is 0. The average molecular weight is 351 g/mol. The first-order valence-electron chi connectivity index (χ1n) is 7.29. The Labute approximate surface area is 142 Å². The average Bonchev–Trinajstić information content (AvgIpc) is 2.55. The standard InChI is InChI=1S/C17H21NO3S2/c1-14-12-16(8-9-17(14)21-2)23(19,20)18-10-11-22-13-15-6-4-3-5-7-15/h3-9,12,18H,10-11,13H2,1-2H3. The van der Waals surface area contributed by atoms with Crippen molar-refractivity contribution in [1.82, 2.24) is 4.72 Å². The number of rotatable bonds is 8. The highest BCUT2D eigenvalue weighted by molar-refractivity contribution is 7.98. The second kappa shape index (κ2) is 8.38. The van der Waals surface area contributed by atoms with Crippen LogP contribution in [0.25, 0.3) is 0 Å². The number of hydrogen-bond acceptors (Lipinski definition) is 4. The van der Waals surface area contributed by atoms with Gasteiger partial charge in [-0.25, -0.2) is 13.1 Å². The highest BCUT2D eigenvalue weighted by Gasteiger charge is 2.14. The molecule has 0 saturated heterocycles. The molecule has 0 spiro atoms. The molecule has 0 fully saturated rings. The van der Waals surface area contributed by atoms with Crippen LogP contribution in [-0.2, 0) is 15.8 Å². The molecular weight excluding hydrogens is 330 g/mol. The van der Waals surface area contributed by atoms with Crippen molar-refractivity contribution < 1.29 is 13.2 Å². The molecule has 124 valence electrons. The van der Waals surface area contributed by atoms with Gasteiger partial charge in [0.15, 0.2) is 0 Å². The van der Waals surface area contributed by atoms with Crippen molar-refractivity contribution in [2.24, 2.45) is 0 Å². The van der Waals surface area contributed by atoms with Crippen molar-refractivity contribution in [3.8, 4) is 5.75 Å². The lowest BCUT2D eigenvalue weighted by Gasteiger charge is -2.09. The van der Waals surface area contributed by atoms with Gasteiger partial charge in [-0.05, 0) is 36.2 Å². The number of nitrogens with one attached hydrogen (secondary N) is 1. The molecule has 0 amide bonds. The van der Waals surface area contributed by atoms with E-state index < -0.39 is 10.0 Å². The van der Waals surface area contributed by atoms with Crippen molar-refractivity contribution in [2.45, 2.75) is 17.6 Å². The van der Waals surface area contributed by atoms with Crippen LogP contribution in [0.1, 0.15) is 11.1 Å². The normalized spacial score (nSPS) is 11.4. The van der Waals surface area contributed by atoms with Gasteiger partial charge in [0.2, 0.25) is 10.0 Å². The van der Waals surface area contributed by atoms with E-state index in [1.807, 2.05) is 25.1 Å². The first-order valence-corrected chi connectivity index (χ1v) is 9.92. The summed E-state index contributed by atoms with van der Waals surface area (Å²) in [5, 5.41) is 0. The third kappa shape index (κ3) is 5.27. The van der Waals surface area contributed by atoms with Gasteiger partial charge in [-0.2, -0.15) is 11.8 Å². The zero-order valence-corrected chi connectivity index (χ0v) is 14.9. The Kier molecular flexibility index (Phi) is 6.50. The Morgan fingerprint density at radius 1 is 1.13 bits per heavy atom. The summed E-state index contributed by atoms with van der Waals surface area (Å²) >= 11 is 1.70. The molecular formula is C17H21NO3S2. The number of benzene rings is 2. The molecule has 0 aromatic heterocycles. The van der Waals surface area contributed by atoms with Crippen LogP contribution in [0, 0.1) is 6.92 Å². The molecule has 2 aromatic carbocycles. The van der Waals surface area contributed by atoms with Crippen molar-refractivity contribution in [1.29, 1.82) is 0 Å². The van der Waals surface area contributed by atoms with Gasteiger partial charge in [-0.15, -0.1) is 0 Å². The number of aryl methyl sites for hydroxylation is 1. The van der Waals surface area contributed by atoms with E-state index in [1.165, 1.54) is 5.56 Å². The van der Waals surface area contributed by atoms with E-state index in [1.54, 1.807) is 37.1 Å². The molecule has 2 rings (SSSR count). The van der Waals surface area contributed by atoms with Gasteiger partial charge < -0.3 is 4.74 Å². The first kappa shape index (κ1) is 17.8. The lowest BCUT2D eigenvalue weighted by Crippen LogP contribution is -2.26. The lowest BCUT2D eigenvalue weighted by atomic mass is 10.2. The number of thioether (sulfide) groups is 1. The fraction of sp³-hybridized carbons (Fsp3) is 0.294. The third-order valence-electron chi connectivity index (χ3n) is 3.33. The molecule has 4 nitrogen and oxygen atoms in total. The Morgan fingerprint density at radius 2 is 1.87 bits per heavy atom. The Morgan fingerprint density at radius 3 is 2.52 bits per heavy atom.